The molecular weight excluding hydrogens is 522 g/mol. The van der Waals surface area contributed by atoms with E-state index < -0.39 is 0 Å². The van der Waals surface area contributed by atoms with Crippen LogP contribution in [0, 0.1) is 13.8 Å². The fraction of sp³-hybridized carbons (Fsp3) is 0.300. The van der Waals surface area contributed by atoms with Gasteiger partial charge in [-0.3, -0.25) is 4.99 Å². The highest BCUT2D eigenvalue weighted by atomic mass is 127. The summed E-state index contributed by atoms with van der Waals surface area (Å²) in [5.41, 5.74) is 5.27. The standard InChI is InChI=1S/C20H24Cl2N6.HI/c1-13-17(14(2)28(26-13)15-8-6-5-7-9-15)12-25-20(23-3)24-11-16-10-18(21)19(22)27(16)4;/h5-10H,11-12H2,1-4H3,(H2,23,24,25);1H. The van der Waals surface area contributed by atoms with Gasteiger partial charge in [0.15, 0.2) is 5.96 Å². The number of rotatable bonds is 5. The number of guanidine groups is 1. The number of hydrogen-bond acceptors (Lipinski definition) is 2. The van der Waals surface area contributed by atoms with Crippen molar-refractivity contribution >= 4 is 53.1 Å². The Labute approximate surface area is 198 Å². The second-order valence-electron chi connectivity index (χ2n) is 6.51. The van der Waals surface area contributed by atoms with Crippen LogP contribution in [0.3, 0.4) is 0 Å². The lowest BCUT2D eigenvalue weighted by atomic mass is 10.2. The molecule has 0 aliphatic carbocycles. The number of nitrogens with zero attached hydrogens (tertiary/aromatic N) is 4. The summed E-state index contributed by atoms with van der Waals surface area (Å²) in [5.74, 6) is 0.694. The van der Waals surface area contributed by atoms with E-state index in [1.54, 1.807) is 7.05 Å². The van der Waals surface area contributed by atoms with E-state index in [9.17, 15) is 0 Å². The first-order chi connectivity index (χ1) is 13.4. The maximum absolute atomic E-state index is 6.12. The number of nitrogens with one attached hydrogen (secondary N) is 2. The van der Waals surface area contributed by atoms with Crippen LogP contribution in [-0.2, 0) is 20.1 Å². The molecule has 0 aliphatic heterocycles. The van der Waals surface area contributed by atoms with E-state index in [0.717, 1.165) is 28.3 Å². The lowest BCUT2D eigenvalue weighted by molar-refractivity contribution is 0.748. The summed E-state index contributed by atoms with van der Waals surface area (Å²) in [6.45, 7) is 5.28. The number of hydrogen-bond donors (Lipinski definition) is 2. The van der Waals surface area contributed by atoms with Crippen LogP contribution in [0.25, 0.3) is 5.69 Å². The highest BCUT2D eigenvalue weighted by Crippen LogP contribution is 2.25. The van der Waals surface area contributed by atoms with Gasteiger partial charge in [-0.15, -0.1) is 24.0 Å². The van der Waals surface area contributed by atoms with Gasteiger partial charge >= 0.3 is 0 Å². The molecule has 2 N–H and O–H groups in total. The van der Waals surface area contributed by atoms with E-state index in [4.69, 9.17) is 23.2 Å². The summed E-state index contributed by atoms with van der Waals surface area (Å²) < 4.78 is 3.82. The van der Waals surface area contributed by atoms with Gasteiger partial charge in [0, 0.05) is 37.6 Å². The first-order valence-corrected chi connectivity index (χ1v) is 9.72. The van der Waals surface area contributed by atoms with Gasteiger partial charge in [0.25, 0.3) is 0 Å². The van der Waals surface area contributed by atoms with Crippen molar-refractivity contribution in [2.24, 2.45) is 12.0 Å². The maximum atomic E-state index is 6.12. The summed E-state index contributed by atoms with van der Waals surface area (Å²) in [7, 11) is 3.62. The van der Waals surface area contributed by atoms with Crippen molar-refractivity contribution < 1.29 is 0 Å². The third-order valence-corrected chi connectivity index (χ3v) is 5.59. The smallest absolute Gasteiger partial charge is 0.191 e. The predicted molar refractivity (Wildman–Crippen MR) is 131 cm³/mol. The molecule has 1 aromatic carbocycles. The Morgan fingerprint density at radius 1 is 1.10 bits per heavy atom. The van der Waals surface area contributed by atoms with Crippen molar-refractivity contribution in [1.29, 1.82) is 0 Å². The van der Waals surface area contributed by atoms with E-state index in [2.05, 4.69) is 27.6 Å². The number of aromatic nitrogens is 3. The van der Waals surface area contributed by atoms with Gasteiger partial charge < -0.3 is 15.2 Å². The molecule has 156 valence electrons. The third-order valence-electron chi connectivity index (χ3n) is 4.75. The van der Waals surface area contributed by atoms with Crippen molar-refractivity contribution in [3.63, 3.8) is 0 Å². The first-order valence-electron chi connectivity index (χ1n) is 8.97. The van der Waals surface area contributed by atoms with Gasteiger partial charge in [0.2, 0.25) is 0 Å². The Balaban J connectivity index is 0.00000300. The van der Waals surface area contributed by atoms with Gasteiger partial charge in [-0.2, -0.15) is 5.10 Å². The highest BCUT2D eigenvalue weighted by Gasteiger charge is 2.14. The monoisotopic (exact) mass is 546 g/mol. The number of aliphatic imine (C=N–C) groups is 1. The second-order valence-corrected chi connectivity index (χ2v) is 7.27. The van der Waals surface area contributed by atoms with Crippen molar-refractivity contribution in [3.8, 4) is 5.69 Å². The van der Waals surface area contributed by atoms with Crippen LogP contribution in [0.1, 0.15) is 22.6 Å². The zero-order valence-electron chi connectivity index (χ0n) is 16.8. The summed E-state index contributed by atoms with van der Waals surface area (Å²) in [6.07, 6.45) is 0. The quantitative estimate of drug-likeness (QED) is 0.279. The minimum atomic E-state index is 0. The predicted octanol–water partition coefficient (Wildman–Crippen LogP) is 4.62. The molecule has 0 unspecified atom stereocenters. The lowest BCUT2D eigenvalue weighted by Crippen LogP contribution is -2.36. The van der Waals surface area contributed by atoms with E-state index in [0.29, 0.717) is 29.2 Å². The summed E-state index contributed by atoms with van der Waals surface area (Å²) in [6, 6.07) is 12.0. The van der Waals surface area contributed by atoms with E-state index in [1.807, 2.05) is 59.6 Å². The van der Waals surface area contributed by atoms with E-state index in [-0.39, 0.29) is 24.0 Å². The third kappa shape index (κ3) is 5.26. The van der Waals surface area contributed by atoms with Crippen LogP contribution < -0.4 is 10.6 Å². The molecule has 0 aliphatic rings. The van der Waals surface area contributed by atoms with Gasteiger partial charge in [-0.05, 0) is 32.0 Å². The van der Waals surface area contributed by atoms with Gasteiger partial charge in [-0.1, -0.05) is 41.4 Å². The second kappa shape index (κ2) is 10.4. The van der Waals surface area contributed by atoms with E-state index >= 15 is 0 Å². The van der Waals surface area contributed by atoms with Gasteiger partial charge in [-0.25, -0.2) is 4.68 Å². The largest absolute Gasteiger partial charge is 0.352 e. The van der Waals surface area contributed by atoms with Crippen LogP contribution in [-0.4, -0.2) is 27.4 Å². The van der Waals surface area contributed by atoms with Crippen molar-refractivity contribution in [3.05, 3.63) is 69.2 Å². The number of halogens is 3. The van der Waals surface area contributed by atoms with Gasteiger partial charge in [0.05, 0.1) is 22.9 Å². The fourth-order valence-electron chi connectivity index (χ4n) is 3.08. The Kier molecular flexibility index (Phi) is 8.42. The molecule has 29 heavy (non-hydrogen) atoms. The molecule has 0 atom stereocenters. The molecule has 0 bridgehead atoms. The Morgan fingerprint density at radius 3 is 2.34 bits per heavy atom. The number of benzene rings is 1. The average molecular weight is 547 g/mol. The first kappa shape index (κ1) is 23.6. The lowest BCUT2D eigenvalue weighted by Gasteiger charge is -2.13. The molecule has 0 saturated carbocycles. The Morgan fingerprint density at radius 2 is 1.76 bits per heavy atom. The molecule has 0 saturated heterocycles. The molecule has 2 heterocycles. The van der Waals surface area contributed by atoms with Crippen LogP contribution in [0.2, 0.25) is 10.2 Å². The Bertz CT molecular complexity index is 994. The number of aryl methyl sites for hydroxylation is 1. The summed E-state index contributed by atoms with van der Waals surface area (Å²) in [4.78, 5) is 4.29. The van der Waals surface area contributed by atoms with Crippen molar-refractivity contribution in [2.75, 3.05) is 7.05 Å². The maximum Gasteiger partial charge on any atom is 0.191 e. The normalized spacial score (nSPS) is 11.3. The average Bonchev–Trinajstić information content (AvgIpc) is 3.12. The molecule has 9 heteroatoms. The SMILES string of the molecule is CN=C(NCc1c(C)nn(-c2ccccc2)c1C)NCc1cc(Cl)c(Cl)n1C.I. The van der Waals surface area contributed by atoms with Crippen LogP contribution in [0.15, 0.2) is 41.4 Å². The molecule has 0 fully saturated rings. The molecule has 2 aromatic heterocycles. The number of para-hydroxylation sites is 1. The molecule has 0 spiro atoms. The molecule has 0 amide bonds. The van der Waals surface area contributed by atoms with Gasteiger partial charge in [0.1, 0.15) is 5.15 Å². The van der Waals surface area contributed by atoms with Crippen LogP contribution >= 0.6 is 47.2 Å². The summed E-state index contributed by atoms with van der Waals surface area (Å²) in [5, 5.41) is 12.4. The minimum absolute atomic E-state index is 0. The van der Waals surface area contributed by atoms with Crippen LogP contribution in [0.4, 0.5) is 0 Å². The fourth-order valence-corrected chi connectivity index (χ4v) is 3.49. The molecule has 0 radical (unpaired) electrons. The van der Waals surface area contributed by atoms with Crippen molar-refractivity contribution in [2.45, 2.75) is 26.9 Å². The molecule has 3 aromatic rings. The van der Waals surface area contributed by atoms with E-state index in [1.165, 1.54) is 0 Å². The highest BCUT2D eigenvalue weighted by molar-refractivity contribution is 14.0. The Hall–Kier alpha value is -1.71. The zero-order valence-corrected chi connectivity index (χ0v) is 20.7. The van der Waals surface area contributed by atoms with Crippen LogP contribution in [0.5, 0.6) is 0 Å². The minimum Gasteiger partial charge on any atom is -0.352 e. The van der Waals surface area contributed by atoms with Crippen molar-refractivity contribution in [1.82, 2.24) is 25.0 Å². The summed E-state index contributed by atoms with van der Waals surface area (Å²) >= 11 is 12.2. The zero-order chi connectivity index (χ0) is 20.3. The molecule has 3 rings (SSSR count). The topological polar surface area (TPSA) is 59.2 Å². The molecule has 6 nitrogen and oxygen atoms in total. The molecular formula is C20H25Cl2IN6.